The summed E-state index contributed by atoms with van der Waals surface area (Å²) in [4.78, 5) is 2.16. The van der Waals surface area contributed by atoms with Gasteiger partial charge in [0.05, 0.1) is 18.2 Å². The maximum atomic E-state index is 6.61. The molecule has 0 amide bonds. The zero-order valence-electron chi connectivity index (χ0n) is 12.1. The van der Waals surface area contributed by atoms with Gasteiger partial charge in [0.2, 0.25) is 0 Å². The van der Waals surface area contributed by atoms with Gasteiger partial charge in [0.25, 0.3) is 0 Å². The predicted molar refractivity (Wildman–Crippen MR) is 85.9 cm³/mol. The Hall–Kier alpha value is -1.67. The zero-order chi connectivity index (χ0) is 14.5. The van der Waals surface area contributed by atoms with E-state index >= 15 is 0 Å². The summed E-state index contributed by atoms with van der Waals surface area (Å²) in [6.45, 7) is 2.12. The van der Waals surface area contributed by atoms with Crippen molar-refractivity contribution < 1.29 is 4.74 Å². The van der Waals surface area contributed by atoms with Gasteiger partial charge in [0.15, 0.2) is 0 Å². The quantitative estimate of drug-likeness (QED) is 0.752. The van der Waals surface area contributed by atoms with Crippen LogP contribution in [0.3, 0.4) is 0 Å². The van der Waals surface area contributed by atoms with Gasteiger partial charge in [-0.25, -0.2) is 0 Å². The summed E-state index contributed by atoms with van der Waals surface area (Å²) >= 11 is 6.61. The van der Waals surface area contributed by atoms with Gasteiger partial charge in [-0.2, -0.15) is 0 Å². The fraction of sp³-hybridized carbons (Fsp3) is 0.294. The SMILES string of the molecule is COc1ccccc1N(C)[C@@H](C)[C@@H](Cl)c1ccccc1. The van der Waals surface area contributed by atoms with Crippen LogP contribution in [0.5, 0.6) is 5.75 Å². The number of ether oxygens (including phenoxy) is 1. The van der Waals surface area contributed by atoms with Crippen LogP contribution in [0.15, 0.2) is 54.6 Å². The molecule has 0 spiro atoms. The first-order valence-electron chi connectivity index (χ1n) is 6.70. The van der Waals surface area contributed by atoms with E-state index in [2.05, 4.69) is 24.0 Å². The van der Waals surface area contributed by atoms with Crippen LogP contribution in [0.2, 0.25) is 0 Å². The fourth-order valence-electron chi connectivity index (χ4n) is 2.25. The molecule has 0 saturated heterocycles. The third kappa shape index (κ3) is 3.07. The van der Waals surface area contributed by atoms with Crippen molar-refractivity contribution in [2.75, 3.05) is 19.1 Å². The van der Waals surface area contributed by atoms with Gasteiger partial charge < -0.3 is 9.64 Å². The summed E-state index contributed by atoms with van der Waals surface area (Å²) in [5.41, 5.74) is 2.17. The molecule has 0 saturated carbocycles. The number of nitrogens with zero attached hydrogens (tertiary/aromatic N) is 1. The molecule has 2 rings (SSSR count). The number of likely N-dealkylation sites (N-methyl/N-ethyl adjacent to an activating group) is 1. The number of anilines is 1. The monoisotopic (exact) mass is 289 g/mol. The molecule has 0 fully saturated rings. The standard InChI is InChI=1S/C17H20ClNO/c1-13(17(18)14-9-5-4-6-10-14)19(2)15-11-7-8-12-16(15)20-3/h4-13,17H,1-3H3/t13-,17+/m0/s1. The van der Waals surface area contributed by atoms with Gasteiger partial charge in [-0.3, -0.25) is 0 Å². The molecule has 0 N–H and O–H groups in total. The number of hydrogen-bond donors (Lipinski definition) is 0. The molecule has 3 heteroatoms. The van der Waals surface area contributed by atoms with Crippen LogP contribution in [-0.4, -0.2) is 20.2 Å². The van der Waals surface area contributed by atoms with Crippen LogP contribution < -0.4 is 9.64 Å². The second-order valence-electron chi connectivity index (χ2n) is 4.84. The molecule has 106 valence electrons. The molecule has 0 aromatic heterocycles. The van der Waals surface area contributed by atoms with Crippen molar-refractivity contribution in [2.24, 2.45) is 0 Å². The Kier molecular flexibility index (Phi) is 4.91. The number of rotatable bonds is 5. The van der Waals surface area contributed by atoms with Gasteiger partial charge in [-0.1, -0.05) is 42.5 Å². The van der Waals surface area contributed by atoms with E-state index in [-0.39, 0.29) is 11.4 Å². The van der Waals surface area contributed by atoms with Crippen molar-refractivity contribution in [3.63, 3.8) is 0 Å². The number of benzene rings is 2. The van der Waals surface area contributed by atoms with E-state index in [0.717, 1.165) is 17.0 Å². The van der Waals surface area contributed by atoms with Crippen molar-refractivity contribution in [1.29, 1.82) is 0 Å². The van der Waals surface area contributed by atoms with Crippen LogP contribution in [0, 0.1) is 0 Å². The maximum absolute atomic E-state index is 6.61. The number of hydrogen-bond acceptors (Lipinski definition) is 2. The van der Waals surface area contributed by atoms with Gasteiger partial charge >= 0.3 is 0 Å². The summed E-state index contributed by atoms with van der Waals surface area (Å²) in [7, 11) is 3.73. The highest BCUT2D eigenvalue weighted by Crippen LogP contribution is 2.33. The van der Waals surface area contributed by atoms with E-state index in [1.54, 1.807) is 7.11 Å². The van der Waals surface area contributed by atoms with E-state index in [1.807, 2.05) is 49.5 Å². The summed E-state index contributed by atoms with van der Waals surface area (Å²) in [5.74, 6) is 0.860. The van der Waals surface area contributed by atoms with Crippen LogP contribution in [0.4, 0.5) is 5.69 Å². The summed E-state index contributed by atoms with van der Waals surface area (Å²) in [5, 5.41) is -0.0777. The number of alkyl halides is 1. The van der Waals surface area contributed by atoms with Crippen LogP contribution in [0.1, 0.15) is 17.9 Å². The molecule has 0 aliphatic rings. The topological polar surface area (TPSA) is 12.5 Å². The molecular weight excluding hydrogens is 270 g/mol. The van der Waals surface area contributed by atoms with Gasteiger partial charge in [0, 0.05) is 13.1 Å². The molecule has 0 aliphatic carbocycles. The third-order valence-electron chi connectivity index (χ3n) is 3.62. The Morgan fingerprint density at radius 2 is 1.60 bits per heavy atom. The van der Waals surface area contributed by atoms with Gasteiger partial charge in [-0.15, -0.1) is 11.6 Å². The lowest BCUT2D eigenvalue weighted by molar-refractivity contribution is 0.413. The summed E-state index contributed by atoms with van der Waals surface area (Å²) < 4.78 is 5.42. The molecule has 2 aromatic rings. The lowest BCUT2D eigenvalue weighted by Crippen LogP contribution is -2.32. The molecule has 0 bridgehead atoms. The zero-order valence-corrected chi connectivity index (χ0v) is 12.8. The average molecular weight is 290 g/mol. The van der Waals surface area contributed by atoms with E-state index in [9.17, 15) is 0 Å². The van der Waals surface area contributed by atoms with Crippen molar-refractivity contribution in [2.45, 2.75) is 18.3 Å². The van der Waals surface area contributed by atoms with E-state index < -0.39 is 0 Å². The van der Waals surface area contributed by atoms with E-state index in [0.29, 0.717) is 0 Å². The highest BCUT2D eigenvalue weighted by atomic mass is 35.5. The fourth-order valence-corrected chi connectivity index (χ4v) is 2.57. The average Bonchev–Trinajstić information content (AvgIpc) is 2.53. The minimum atomic E-state index is -0.0777. The second-order valence-corrected chi connectivity index (χ2v) is 5.31. The molecular formula is C17H20ClNO. The second kappa shape index (κ2) is 6.67. The Morgan fingerprint density at radius 3 is 2.25 bits per heavy atom. The Balaban J connectivity index is 2.22. The van der Waals surface area contributed by atoms with Crippen LogP contribution in [-0.2, 0) is 0 Å². The molecule has 0 unspecified atom stereocenters. The lowest BCUT2D eigenvalue weighted by Gasteiger charge is -2.31. The van der Waals surface area contributed by atoms with Gasteiger partial charge in [-0.05, 0) is 24.6 Å². The molecule has 0 aliphatic heterocycles. The van der Waals surface area contributed by atoms with Gasteiger partial charge in [0.1, 0.15) is 5.75 Å². The largest absolute Gasteiger partial charge is 0.495 e. The van der Waals surface area contributed by atoms with Crippen molar-refractivity contribution in [3.8, 4) is 5.75 Å². The highest BCUT2D eigenvalue weighted by molar-refractivity contribution is 6.21. The third-order valence-corrected chi connectivity index (χ3v) is 4.23. The number of halogens is 1. The first-order chi connectivity index (χ1) is 9.65. The predicted octanol–water partition coefficient (Wildman–Crippen LogP) is 4.50. The molecule has 0 heterocycles. The minimum Gasteiger partial charge on any atom is -0.495 e. The molecule has 2 aromatic carbocycles. The highest BCUT2D eigenvalue weighted by Gasteiger charge is 2.22. The maximum Gasteiger partial charge on any atom is 0.142 e. The molecule has 2 atom stereocenters. The smallest absolute Gasteiger partial charge is 0.142 e. The number of para-hydroxylation sites is 2. The number of methoxy groups -OCH3 is 1. The Morgan fingerprint density at radius 1 is 1.00 bits per heavy atom. The van der Waals surface area contributed by atoms with E-state index in [4.69, 9.17) is 16.3 Å². The lowest BCUT2D eigenvalue weighted by atomic mass is 10.0. The Bertz CT molecular complexity index is 544. The van der Waals surface area contributed by atoms with Crippen molar-refractivity contribution in [1.82, 2.24) is 0 Å². The van der Waals surface area contributed by atoms with Crippen molar-refractivity contribution >= 4 is 17.3 Å². The Labute approximate surface area is 125 Å². The van der Waals surface area contributed by atoms with Crippen LogP contribution >= 0.6 is 11.6 Å². The summed E-state index contributed by atoms with van der Waals surface area (Å²) in [6, 6.07) is 18.3. The first-order valence-corrected chi connectivity index (χ1v) is 7.13. The normalized spacial score (nSPS) is 13.6. The molecule has 2 nitrogen and oxygen atoms in total. The van der Waals surface area contributed by atoms with E-state index in [1.165, 1.54) is 0 Å². The first kappa shape index (κ1) is 14.7. The summed E-state index contributed by atoms with van der Waals surface area (Å²) in [6.07, 6.45) is 0. The molecule has 0 radical (unpaired) electrons. The van der Waals surface area contributed by atoms with Crippen LogP contribution in [0.25, 0.3) is 0 Å². The van der Waals surface area contributed by atoms with Crippen molar-refractivity contribution in [3.05, 3.63) is 60.2 Å². The molecule has 20 heavy (non-hydrogen) atoms. The minimum absolute atomic E-state index is 0.0777.